The predicted octanol–water partition coefficient (Wildman–Crippen LogP) is 2.54. The van der Waals surface area contributed by atoms with E-state index in [1.165, 1.54) is 0 Å². The van der Waals surface area contributed by atoms with Gasteiger partial charge in [0.1, 0.15) is 5.76 Å². The zero-order chi connectivity index (χ0) is 16.5. The van der Waals surface area contributed by atoms with E-state index >= 15 is 0 Å². The van der Waals surface area contributed by atoms with Crippen LogP contribution in [0.1, 0.15) is 35.9 Å². The van der Waals surface area contributed by atoms with Crippen LogP contribution in [-0.2, 0) is 11.2 Å². The average Bonchev–Trinajstić information content (AvgIpc) is 3.07. The highest BCUT2D eigenvalue weighted by Crippen LogP contribution is 2.05. The van der Waals surface area contributed by atoms with Crippen LogP contribution >= 0.6 is 0 Å². The molecule has 2 amide bonds. The second kappa shape index (κ2) is 8.78. The molecule has 0 aliphatic heterocycles. The first-order chi connectivity index (χ1) is 11.1. The lowest BCUT2D eigenvalue weighted by atomic mass is 10.1. The number of hydrogen-bond acceptors (Lipinski definition) is 3. The van der Waals surface area contributed by atoms with Crippen LogP contribution in [0.3, 0.4) is 0 Å². The Kier molecular flexibility index (Phi) is 6.41. The minimum absolute atomic E-state index is 0.0645. The van der Waals surface area contributed by atoms with Gasteiger partial charge in [0.2, 0.25) is 5.91 Å². The maximum atomic E-state index is 11.8. The van der Waals surface area contributed by atoms with Crippen molar-refractivity contribution in [3.05, 3.63) is 60.1 Å². The molecule has 1 atom stereocenters. The van der Waals surface area contributed by atoms with E-state index in [-0.39, 0.29) is 24.3 Å². The number of nitrogens with one attached hydrogen (secondary N) is 2. The smallest absolute Gasteiger partial charge is 0.251 e. The number of amides is 2. The van der Waals surface area contributed by atoms with Gasteiger partial charge in [0.15, 0.2) is 0 Å². The standard InChI is InChI=1S/C18H22N2O3/c1-14(9-10-16-8-5-13-23-16)20-17(21)11-12-19-18(22)15-6-3-2-4-7-15/h2-8,13-14H,9-12H2,1H3,(H,19,22)(H,20,21). The van der Waals surface area contributed by atoms with E-state index < -0.39 is 0 Å². The Labute approximate surface area is 136 Å². The van der Waals surface area contributed by atoms with Crippen molar-refractivity contribution in [2.24, 2.45) is 0 Å². The van der Waals surface area contributed by atoms with Gasteiger partial charge in [-0.05, 0) is 37.6 Å². The highest BCUT2D eigenvalue weighted by atomic mass is 16.3. The second-order valence-electron chi connectivity index (χ2n) is 5.46. The SMILES string of the molecule is CC(CCc1ccco1)NC(=O)CCNC(=O)c1ccccc1. The van der Waals surface area contributed by atoms with Crippen LogP contribution in [0, 0.1) is 0 Å². The first-order valence-corrected chi connectivity index (χ1v) is 7.80. The van der Waals surface area contributed by atoms with Gasteiger partial charge in [-0.3, -0.25) is 9.59 Å². The van der Waals surface area contributed by atoms with Crippen LogP contribution in [-0.4, -0.2) is 24.4 Å². The van der Waals surface area contributed by atoms with Gasteiger partial charge in [-0.1, -0.05) is 18.2 Å². The third-order valence-electron chi connectivity index (χ3n) is 3.48. The molecule has 0 spiro atoms. The van der Waals surface area contributed by atoms with Gasteiger partial charge < -0.3 is 15.1 Å². The molecule has 23 heavy (non-hydrogen) atoms. The lowest BCUT2D eigenvalue weighted by Gasteiger charge is -2.13. The summed E-state index contributed by atoms with van der Waals surface area (Å²) in [7, 11) is 0. The molecule has 0 radical (unpaired) electrons. The first kappa shape index (κ1) is 16.8. The van der Waals surface area contributed by atoms with E-state index in [1.807, 2.05) is 37.3 Å². The van der Waals surface area contributed by atoms with Gasteiger partial charge in [0.25, 0.3) is 5.91 Å². The Hall–Kier alpha value is -2.56. The Balaban J connectivity index is 1.62. The Morgan fingerprint density at radius 1 is 1.13 bits per heavy atom. The highest BCUT2D eigenvalue weighted by molar-refractivity contribution is 5.94. The maximum Gasteiger partial charge on any atom is 0.251 e. The Morgan fingerprint density at radius 3 is 2.61 bits per heavy atom. The molecule has 0 bridgehead atoms. The van der Waals surface area contributed by atoms with Gasteiger partial charge in [-0.2, -0.15) is 0 Å². The van der Waals surface area contributed by atoms with Crippen molar-refractivity contribution in [1.82, 2.24) is 10.6 Å². The molecule has 5 heteroatoms. The summed E-state index contributed by atoms with van der Waals surface area (Å²) in [5.74, 6) is 0.691. The lowest BCUT2D eigenvalue weighted by Crippen LogP contribution is -2.35. The number of benzene rings is 1. The Morgan fingerprint density at radius 2 is 1.91 bits per heavy atom. The third kappa shape index (κ3) is 5.98. The van der Waals surface area contributed by atoms with Gasteiger partial charge in [-0.25, -0.2) is 0 Å². The molecule has 0 aliphatic carbocycles. The quantitative estimate of drug-likeness (QED) is 0.786. The second-order valence-corrected chi connectivity index (χ2v) is 5.46. The number of furan rings is 1. The van der Waals surface area contributed by atoms with Gasteiger partial charge >= 0.3 is 0 Å². The van der Waals surface area contributed by atoms with E-state index in [1.54, 1.807) is 18.4 Å². The molecular weight excluding hydrogens is 292 g/mol. The number of carbonyl (C=O) groups is 2. The van der Waals surface area contributed by atoms with Gasteiger partial charge in [0, 0.05) is 31.0 Å². The zero-order valence-electron chi connectivity index (χ0n) is 13.2. The van der Waals surface area contributed by atoms with E-state index in [0.717, 1.165) is 18.6 Å². The van der Waals surface area contributed by atoms with Crippen molar-refractivity contribution in [3.8, 4) is 0 Å². The molecule has 1 aromatic heterocycles. The summed E-state index contributed by atoms with van der Waals surface area (Å²) in [6, 6.07) is 12.8. The molecule has 122 valence electrons. The van der Waals surface area contributed by atoms with E-state index in [4.69, 9.17) is 4.42 Å². The van der Waals surface area contributed by atoms with Crippen molar-refractivity contribution >= 4 is 11.8 Å². The highest BCUT2D eigenvalue weighted by Gasteiger charge is 2.09. The molecule has 2 N–H and O–H groups in total. The number of aryl methyl sites for hydroxylation is 1. The van der Waals surface area contributed by atoms with Gasteiger partial charge in [0.05, 0.1) is 6.26 Å². The van der Waals surface area contributed by atoms with Crippen LogP contribution in [0.5, 0.6) is 0 Å². The lowest BCUT2D eigenvalue weighted by molar-refractivity contribution is -0.121. The fourth-order valence-electron chi connectivity index (χ4n) is 2.21. The molecule has 5 nitrogen and oxygen atoms in total. The minimum atomic E-state index is -0.163. The van der Waals surface area contributed by atoms with Crippen LogP contribution < -0.4 is 10.6 Å². The molecule has 2 aromatic rings. The monoisotopic (exact) mass is 314 g/mol. The molecule has 0 aliphatic rings. The average molecular weight is 314 g/mol. The van der Waals surface area contributed by atoms with E-state index in [0.29, 0.717) is 12.1 Å². The molecule has 1 unspecified atom stereocenters. The summed E-state index contributed by atoms with van der Waals surface area (Å²) in [6.07, 6.45) is 3.52. The molecule has 0 saturated heterocycles. The molecule has 1 aromatic carbocycles. The minimum Gasteiger partial charge on any atom is -0.469 e. The summed E-state index contributed by atoms with van der Waals surface area (Å²) in [5.41, 5.74) is 0.597. The fraction of sp³-hybridized carbons (Fsp3) is 0.333. The summed E-state index contributed by atoms with van der Waals surface area (Å²) in [5, 5.41) is 5.67. The number of carbonyl (C=O) groups excluding carboxylic acids is 2. The largest absolute Gasteiger partial charge is 0.469 e. The van der Waals surface area contributed by atoms with Crippen molar-refractivity contribution in [1.29, 1.82) is 0 Å². The van der Waals surface area contributed by atoms with Crippen molar-refractivity contribution in [2.75, 3.05) is 6.54 Å². The van der Waals surface area contributed by atoms with E-state index in [9.17, 15) is 9.59 Å². The third-order valence-corrected chi connectivity index (χ3v) is 3.48. The summed E-state index contributed by atoms with van der Waals surface area (Å²) < 4.78 is 5.26. The molecule has 1 heterocycles. The van der Waals surface area contributed by atoms with Crippen molar-refractivity contribution < 1.29 is 14.0 Å². The topological polar surface area (TPSA) is 71.3 Å². The summed E-state index contributed by atoms with van der Waals surface area (Å²) >= 11 is 0. The first-order valence-electron chi connectivity index (χ1n) is 7.80. The molecule has 0 fully saturated rings. The van der Waals surface area contributed by atoms with Crippen molar-refractivity contribution in [2.45, 2.75) is 32.2 Å². The maximum absolute atomic E-state index is 11.8. The summed E-state index contributed by atoms with van der Waals surface area (Å²) in [6.45, 7) is 2.29. The Bertz CT molecular complexity index is 608. The number of hydrogen-bond donors (Lipinski definition) is 2. The van der Waals surface area contributed by atoms with Crippen LogP contribution in [0.25, 0.3) is 0 Å². The van der Waals surface area contributed by atoms with Crippen LogP contribution in [0.4, 0.5) is 0 Å². The predicted molar refractivity (Wildman–Crippen MR) is 88.0 cm³/mol. The summed E-state index contributed by atoms with van der Waals surface area (Å²) in [4.78, 5) is 23.7. The molecule has 2 rings (SSSR count). The van der Waals surface area contributed by atoms with E-state index in [2.05, 4.69) is 10.6 Å². The van der Waals surface area contributed by atoms with Gasteiger partial charge in [-0.15, -0.1) is 0 Å². The normalized spacial score (nSPS) is 11.7. The molecular formula is C18H22N2O3. The van der Waals surface area contributed by atoms with Crippen LogP contribution in [0.15, 0.2) is 53.1 Å². The zero-order valence-corrected chi connectivity index (χ0v) is 13.2. The fourth-order valence-corrected chi connectivity index (χ4v) is 2.21. The molecule has 0 saturated carbocycles. The number of rotatable bonds is 8. The van der Waals surface area contributed by atoms with Crippen LogP contribution in [0.2, 0.25) is 0 Å². The van der Waals surface area contributed by atoms with Crippen molar-refractivity contribution in [3.63, 3.8) is 0 Å².